The van der Waals surface area contributed by atoms with Gasteiger partial charge in [0.05, 0.1) is 0 Å². The molecule has 3 N–H and O–H groups in total. The third-order valence-corrected chi connectivity index (χ3v) is 5.21. The van der Waals surface area contributed by atoms with E-state index < -0.39 is 0 Å². The Kier molecular flexibility index (Phi) is 5.53. The zero-order chi connectivity index (χ0) is 16.9. The molecule has 0 fully saturated rings. The third kappa shape index (κ3) is 4.58. The average molecular weight is 344 g/mol. The maximum atomic E-state index is 12.1. The molecule has 0 aliphatic carbocycles. The van der Waals surface area contributed by atoms with Crippen molar-refractivity contribution >= 4 is 17.2 Å². The van der Waals surface area contributed by atoms with Gasteiger partial charge in [-0.3, -0.25) is 4.79 Å². The summed E-state index contributed by atoms with van der Waals surface area (Å²) in [6, 6.07) is 7.89. The number of amides is 1. The number of benzene rings is 1. The van der Waals surface area contributed by atoms with E-state index in [0.717, 1.165) is 24.9 Å². The number of phenolic OH excluding ortho intramolecular Hbond substituents is 1. The highest BCUT2D eigenvalue weighted by Gasteiger charge is 2.19. The van der Waals surface area contributed by atoms with Crippen molar-refractivity contribution in [2.75, 3.05) is 6.54 Å². The second-order valence-electron chi connectivity index (χ2n) is 6.68. The number of hydrogen-bond donors (Lipinski definition) is 3. The predicted molar refractivity (Wildman–Crippen MR) is 97.3 cm³/mol. The first-order valence-electron chi connectivity index (χ1n) is 8.42. The molecule has 1 unspecified atom stereocenters. The van der Waals surface area contributed by atoms with Gasteiger partial charge < -0.3 is 15.7 Å². The largest absolute Gasteiger partial charge is 0.508 e. The van der Waals surface area contributed by atoms with Crippen LogP contribution in [-0.2, 0) is 24.2 Å². The zero-order valence-corrected chi connectivity index (χ0v) is 14.7. The van der Waals surface area contributed by atoms with E-state index in [0.29, 0.717) is 24.6 Å². The fraction of sp³-hybridized carbons (Fsp3) is 0.421. The molecular weight excluding hydrogens is 320 g/mol. The SMILES string of the molecule is C[C@H](CC(=O)NCC1Cc2ccc(O)cc2CN1)Cc1ccsc1. The molecular formula is C19H24N2O2S. The molecule has 2 aromatic rings. The Morgan fingerprint density at radius 1 is 1.42 bits per heavy atom. The van der Waals surface area contributed by atoms with E-state index in [1.807, 2.05) is 12.1 Å². The molecule has 24 heavy (non-hydrogen) atoms. The van der Waals surface area contributed by atoms with Crippen molar-refractivity contribution in [3.63, 3.8) is 0 Å². The van der Waals surface area contributed by atoms with Crippen LogP contribution in [0.25, 0.3) is 0 Å². The lowest BCUT2D eigenvalue weighted by Crippen LogP contribution is -2.44. The van der Waals surface area contributed by atoms with E-state index in [1.54, 1.807) is 17.4 Å². The maximum Gasteiger partial charge on any atom is 0.220 e. The molecule has 0 saturated carbocycles. The third-order valence-electron chi connectivity index (χ3n) is 4.48. The molecule has 4 nitrogen and oxygen atoms in total. The second-order valence-corrected chi connectivity index (χ2v) is 7.46. The fourth-order valence-corrected chi connectivity index (χ4v) is 3.90. The molecule has 5 heteroatoms. The Bertz CT molecular complexity index is 685. The van der Waals surface area contributed by atoms with Gasteiger partial charge in [-0.2, -0.15) is 11.3 Å². The van der Waals surface area contributed by atoms with Crippen molar-refractivity contribution in [2.24, 2.45) is 5.92 Å². The van der Waals surface area contributed by atoms with Crippen LogP contribution in [0.4, 0.5) is 0 Å². The Labute approximate surface area is 146 Å². The minimum Gasteiger partial charge on any atom is -0.508 e. The summed E-state index contributed by atoms with van der Waals surface area (Å²) in [5, 5.41) is 20.2. The lowest BCUT2D eigenvalue weighted by atomic mass is 9.95. The summed E-state index contributed by atoms with van der Waals surface area (Å²) in [5.74, 6) is 0.778. The molecule has 1 amide bonds. The summed E-state index contributed by atoms with van der Waals surface area (Å²) in [6.07, 6.45) is 2.39. The Balaban J connectivity index is 1.42. The molecule has 128 valence electrons. The van der Waals surface area contributed by atoms with E-state index in [4.69, 9.17) is 0 Å². The summed E-state index contributed by atoms with van der Waals surface area (Å²) in [6.45, 7) is 3.50. The molecule has 1 aromatic heterocycles. The number of nitrogens with one attached hydrogen (secondary N) is 2. The molecule has 0 bridgehead atoms. The van der Waals surface area contributed by atoms with Gasteiger partial charge in [0.1, 0.15) is 5.75 Å². The first kappa shape index (κ1) is 17.0. The van der Waals surface area contributed by atoms with E-state index in [-0.39, 0.29) is 11.9 Å². The molecule has 1 aliphatic rings. The lowest BCUT2D eigenvalue weighted by Gasteiger charge is -2.26. The molecule has 0 radical (unpaired) electrons. The van der Waals surface area contributed by atoms with Gasteiger partial charge in [-0.25, -0.2) is 0 Å². The normalized spacial score (nSPS) is 18.0. The lowest BCUT2D eigenvalue weighted by molar-refractivity contribution is -0.122. The van der Waals surface area contributed by atoms with Crippen LogP contribution in [-0.4, -0.2) is 23.6 Å². The van der Waals surface area contributed by atoms with Gasteiger partial charge in [-0.05, 0) is 64.4 Å². The van der Waals surface area contributed by atoms with E-state index in [2.05, 4.69) is 34.4 Å². The van der Waals surface area contributed by atoms with Crippen molar-refractivity contribution < 1.29 is 9.90 Å². The average Bonchev–Trinajstić information content (AvgIpc) is 3.05. The number of carbonyl (C=O) groups is 1. The van der Waals surface area contributed by atoms with Crippen LogP contribution in [0.2, 0.25) is 0 Å². The number of aromatic hydroxyl groups is 1. The second kappa shape index (κ2) is 7.81. The van der Waals surface area contributed by atoms with Gasteiger partial charge in [0.2, 0.25) is 5.91 Å². The summed E-state index contributed by atoms with van der Waals surface area (Å²) in [5.41, 5.74) is 3.70. The standard InChI is InChI=1S/C19H24N2O2S/c1-13(6-14-4-5-24-12-14)7-19(23)21-11-17-8-15-2-3-18(22)9-16(15)10-20-17/h2-5,9,12-13,17,20,22H,6-8,10-11H2,1H3,(H,21,23)/t13-,17?/m0/s1. The summed E-state index contributed by atoms with van der Waals surface area (Å²) < 4.78 is 0. The molecule has 2 atom stereocenters. The van der Waals surface area contributed by atoms with Gasteiger partial charge in [0.15, 0.2) is 0 Å². The van der Waals surface area contributed by atoms with E-state index in [9.17, 15) is 9.90 Å². The molecule has 0 saturated heterocycles. The molecule has 1 aliphatic heterocycles. The van der Waals surface area contributed by atoms with E-state index in [1.165, 1.54) is 11.1 Å². The van der Waals surface area contributed by atoms with E-state index >= 15 is 0 Å². The highest BCUT2D eigenvalue weighted by molar-refractivity contribution is 7.07. The molecule has 1 aromatic carbocycles. The number of carbonyl (C=O) groups excluding carboxylic acids is 1. The topological polar surface area (TPSA) is 61.4 Å². The highest BCUT2D eigenvalue weighted by Crippen LogP contribution is 2.21. The molecule has 3 rings (SSSR count). The first-order chi connectivity index (χ1) is 11.6. The highest BCUT2D eigenvalue weighted by atomic mass is 32.1. The van der Waals surface area contributed by atoms with Crippen molar-refractivity contribution in [3.05, 3.63) is 51.7 Å². The summed E-state index contributed by atoms with van der Waals surface area (Å²) in [4.78, 5) is 12.1. The first-order valence-corrected chi connectivity index (χ1v) is 9.36. The minimum absolute atomic E-state index is 0.121. The number of phenols is 1. The van der Waals surface area contributed by atoms with Crippen LogP contribution in [0.15, 0.2) is 35.0 Å². The zero-order valence-electron chi connectivity index (χ0n) is 13.9. The summed E-state index contributed by atoms with van der Waals surface area (Å²) >= 11 is 1.70. The van der Waals surface area contributed by atoms with Crippen molar-refractivity contribution in [1.82, 2.24) is 10.6 Å². The van der Waals surface area contributed by atoms with Crippen molar-refractivity contribution in [1.29, 1.82) is 0 Å². The van der Waals surface area contributed by atoms with Crippen LogP contribution in [0.5, 0.6) is 5.75 Å². The van der Waals surface area contributed by atoms with Gasteiger partial charge >= 0.3 is 0 Å². The van der Waals surface area contributed by atoms with Gasteiger partial charge in [0.25, 0.3) is 0 Å². The van der Waals surface area contributed by atoms with Crippen molar-refractivity contribution in [3.8, 4) is 5.75 Å². The molecule has 0 spiro atoms. The Morgan fingerprint density at radius 2 is 2.29 bits per heavy atom. The number of fused-ring (bicyclic) bond motifs is 1. The summed E-state index contributed by atoms with van der Waals surface area (Å²) in [7, 11) is 0. The number of thiophene rings is 1. The number of hydrogen-bond acceptors (Lipinski definition) is 4. The van der Waals surface area contributed by atoms with Crippen LogP contribution < -0.4 is 10.6 Å². The van der Waals surface area contributed by atoms with Crippen molar-refractivity contribution in [2.45, 2.75) is 38.8 Å². The van der Waals surface area contributed by atoms with Crippen LogP contribution >= 0.6 is 11.3 Å². The van der Waals surface area contributed by atoms with Gasteiger partial charge in [-0.15, -0.1) is 0 Å². The monoisotopic (exact) mass is 344 g/mol. The van der Waals surface area contributed by atoms with Crippen LogP contribution in [0, 0.1) is 5.92 Å². The predicted octanol–water partition coefficient (Wildman–Crippen LogP) is 2.85. The Morgan fingerprint density at radius 3 is 3.08 bits per heavy atom. The smallest absolute Gasteiger partial charge is 0.220 e. The van der Waals surface area contributed by atoms with Gasteiger partial charge in [0, 0.05) is 25.6 Å². The van der Waals surface area contributed by atoms with Gasteiger partial charge in [-0.1, -0.05) is 13.0 Å². The quantitative estimate of drug-likeness (QED) is 0.755. The van der Waals surface area contributed by atoms with Crippen LogP contribution in [0.1, 0.15) is 30.0 Å². The van der Waals surface area contributed by atoms with Crippen LogP contribution in [0.3, 0.4) is 0 Å². The Hall–Kier alpha value is -1.85. The number of rotatable bonds is 6. The maximum absolute atomic E-state index is 12.1. The fourth-order valence-electron chi connectivity index (χ4n) is 3.22. The minimum atomic E-state index is 0.121. The molecule has 2 heterocycles.